The molecule has 0 aliphatic heterocycles. The average Bonchev–Trinajstić information content (AvgIpc) is 2.21. The molecule has 0 radical (unpaired) electrons. The number of carboxylic acid groups (broad SMARTS) is 1. The molecule has 1 aromatic carbocycles. The third-order valence-corrected chi connectivity index (χ3v) is 1.86. The number of hydrogen-bond acceptors (Lipinski definition) is 2. The molecule has 86 valence electrons. The summed E-state index contributed by atoms with van der Waals surface area (Å²) in [5, 5.41) is 12.6. The van der Waals surface area contributed by atoms with E-state index in [1.165, 1.54) is 12.1 Å². The SMILES string of the molecule is Cc1cccc(F)c1NC(=O)NCC(=O)O. The van der Waals surface area contributed by atoms with Crippen LogP contribution in [-0.4, -0.2) is 23.7 Å². The molecule has 0 spiro atoms. The molecule has 1 rings (SSSR count). The fourth-order valence-corrected chi connectivity index (χ4v) is 1.10. The fraction of sp³-hybridized carbons (Fsp3) is 0.200. The van der Waals surface area contributed by atoms with E-state index >= 15 is 0 Å². The summed E-state index contributed by atoms with van der Waals surface area (Å²) >= 11 is 0. The van der Waals surface area contributed by atoms with Gasteiger partial charge in [-0.3, -0.25) is 4.79 Å². The molecule has 0 unspecified atom stereocenters. The van der Waals surface area contributed by atoms with Gasteiger partial charge in [-0.1, -0.05) is 12.1 Å². The van der Waals surface area contributed by atoms with Crippen LogP contribution in [0.5, 0.6) is 0 Å². The quantitative estimate of drug-likeness (QED) is 0.727. The van der Waals surface area contributed by atoms with Crippen LogP contribution >= 0.6 is 0 Å². The molecule has 0 bridgehead atoms. The fourth-order valence-electron chi connectivity index (χ4n) is 1.10. The van der Waals surface area contributed by atoms with Crippen molar-refractivity contribution in [3.8, 4) is 0 Å². The van der Waals surface area contributed by atoms with E-state index in [4.69, 9.17) is 5.11 Å². The Kier molecular flexibility index (Phi) is 3.82. The Hall–Kier alpha value is -2.11. The molecule has 0 saturated carbocycles. The van der Waals surface area contributed by atoms with Gasteiger partial charge in [-0.2, -0.15) is 0 Å². The summed E-state index contributed by atoms with van der Waals surface area (Å²) in [4.78, 5) is 21.3. The summed E-state index contributed by atoms with van der Waals surface area (Å²) in [6, 6.07) is 3.61. The van der Waals surface area contributed by atoms with Gasteiger partial charge in [0.05, 0.1) is 5.69 Å². The Morgan fingerprint density at radius 2 is 2.12 bits per heavy atom. The van der Waals surface area contributed by atoms with Crippen molar-refractivity contribution < 1.29 is 19.1 Å². The minimum Gasteiger partial charge on any atom is -0.480 e. The Balaban J connectivity index is 2.66. The molecule has 1 aromatic rings. The van der Waals surface area contributed by atoms with Gasteiger partial charge in [0.25, 0.3) is 0 Å². The second-order valence-electron chi connectivity index (χ2n) is 3.13. The van der Waals surface area contributed by atoms with Crippen LogP contribution in [0.2, 0.25) is 0 Å². The van der Waals surface area contributed by atoms with Gasteiger partial charge in [0.1, 0.15) is 12.4 Å². The van der Waals surface area contributed by atoms with E-state index in [0.717, 1.165) is 0 Å². The van der Waals surface area contributed by atoms with Crippen molar-refractivity contribution >= 4 is 17.7 Å². The summed E-state index contributed by atoms with van der Waals surface area (Å²) in [5.41, 5.74) is 0.607. The van der Waals surface area contributed by atoms with Crippen molar-refractivity contribution in [1.29, 1.82) is 0 Å². The number of nitrogens with one attached hydrogen (secondary N) is 2. The van der Waals surface area contributed by atoms with Gasteiger partial charge >= 0.3 is 12.0 Å². The number of halogens is 1. The highest BCUT2D eigenvalue weighted by atomic mass is 19.1. The van der Waals surface area contributed by atoms with E-state index in [0.29, 0.717) is 5.56 Å². The number of urea groups is 1. The second kappa shape index (κ2) is 5.11. The highest BCUT2D eigenvalue weighted by Crippen LogP contribution is 2.18. The van der Waals surface area contributed by atoms with Crippen LogP contribution in [0.3, 0.4) is 0 Å². The Morgan fingerprint density at radius 1 is 1.44 bits per heavy atom. The maximum atomic E-state index is 13.3. The molecular weight excluding hydrogens is 215 g/mol. The van der Waals surface area contributed by atoms with E-state index in [1.54, 1.807) is 13.0 Å². The molecule has 0 aliphatic rings. The minimum absolute atomic E-state index is 0.0467. The maximum Gasteiger partial charge on any atom is 0.323 e. The minimum atomic E-state index is -1.17. The van der Waals surface area contributed by atoms with Crippen LogP contribution < -0.4 is 10.6 Å². The van der Waals surface area contributed by atoms with Crippen molar-refractivity contribution in [3.63, 3.8) is 0 Å². The molecular formula is C10H11FN2O3. The molecule has 16 heavy (non-hydrogen) atoms. The zero-order valence-electron chi connectivity index (χ0n) is 8.58. The summed E-state index contributed by atoms with van der Waals surface area (Å²) in [5.74, 6) is -1.73. The number of carbonyl (C=O) groups excluding carboxylic acids is 1. The predicted octanol–water partition coefficient (Wildman–Crippen LogP) is 1.34. The van der Waals surface area contributed by atoms with Crippen LogP contribution in [-0.2, 0) is 4.79 Å². The summed E-state index contributed by atoms with van der Waals surface area (Å²) < 4.78 is 13.3. The third-order valence-electron chi connectivity index (χ3n) is 1.86. The van der Waals surface area contributed by atoms with Gasteiger partial charge in [0.2, 0.25) is 0 Å². The summed E-state index contributed by atoms with van der Waals surface area (Å²) in [6.07, 6.45) is 0. The van der Waals surface area contributed by atoms with Gasteiger partial charge in [-0.05, 0) is 18.6 Å². The first-order valence-corrected chi connectivity index (χ1v) is 4.52. The lowest BCUT2D eigenvalue weighted by Gasteiger charge is -2.09. The average molecular weight is 226 g/mol. The monoisotopic (exact) mass is 226 g/mol. The van der Waals surface area contributed by atoms with Gasteiger partial charge in [-0.15, -0.1) is 0 Å². The lowest BCUT2D eigenvalue weighted by Crippen LogP contribution is -2.33. The third kappa shape index (κ3) is 3.23. The first-order chi connectivity index (χ1) is 7.50. The molecule has 0 aromatic heterocycles. The highest BCUT2D eigenvalue weighted by Gasteiger charge is 2.09. The zero-order chi connectivity index (χ0) is 12.1. The number of benzene rings is 1. The number of aryl methyl sites for hydroxylation is 1. The lowest BCUT2D eigenvalue weighted by molar-refractivity contribution is -0.135. The Morgan fingerprint density at radius 3 is 2.69 bits per heavy atom. The number of amides is 2. The number of carbonyl (C=O) groups is 2. The molecule has 6 heteroatoms. The van der Waals surface area contributed by atoms with E-state index in [-0.39, 0.29) is 5.69 Å². The Labute approximate surface area is 91.3 Å². The molecule has 0 heterocycles. The van der Waals surface area contributed by atoms with Crippen molar-refractivity contribution in [2.24, 2.45) is 0 Å². The maximum absolute atomic E-state index is 13.3. The molecule has 0 atom stereocenters. The predicted molar refractivity (Wildman–Crippen MR) is 55.8 cm³/mol. The smallest absolute Gasteiger partial charge is 0.323 e. The molecule has 5 nitrogen and oxygen atoms in total. The first-order valence-electron chi connectivity index (χ1n) is 4.52. The van der Waals surface area contributed by atoms with Gasteiger partial charge in [-0.25, -0.2) is 9.18 Å². The number of aliphatic carboxylic acids is 1. The van der Waals surface area contributed by atoms with Crippen LogP contribution in [0.15, 0.2) is 18.2 Å². The van der Waals surface area contributed by atoms with Crippen molar-refractivity contribution in [2.45, 2.75) is 6.92 Å². The Bertz CT molecular complexity index is 400. The molecule has 0 aliphatic carbocycles. The van der Waals surface area contributed by atoms with Gasteiger partial charge in [0.15, 0.2) is 0 Å². The lowest BCUT2D eigenvalue weighted by atomic mass is 10.2. The molecule has 3 N–H and O–H groups in total. The molecule has 2 amide bonds. The van der Waals surface area contributed by atoms with Crippen LogP contribution in [0, 0.1) is 12.7 Å². The summed E-state index contributed by atoms with van der Waals surface area (Å²) in [7, 11) is 0. The topological polar surface area (TPSA) is 78.4 Å². The van der Waals surface area contributed by atoms with E-state index in [9.17, 15) is 14.0 Å². The van der Waals surface area contributed by atoms with E-state index in [2.05, 4.69) is 10.6 Å². The van der Waals surface area contributed by atoms with E-state index < -0.39 is 24.4 Å². The first kappa shape index (κ1) is 12.0. The van der Waals surface area contributed by atoms with Crippen molar-refractivity contribution in [2.75, 3.05) is 11.9 Å². The zero-order valence-corrected chi connectivity index (χ0v) is 8.58. The number of carboxylic acids is 1. The van der Waals surface area contributed by atoms with Crippen LogP contribution in [0.1, 0.15) is 5.56 Å². The van der Waals surface area contributed by atoms with Crippen LogP contribution in [0.25, 0.3) is 0 Å². The number of para-hydroxylation sites is 1. The molecule has 0 fully saturated rings. The molecule has 0 saturated heterocycles. The number of hydrogen-bond donors (Lipinski definition) is 3. The normalized spacial score (nSPS) is 9.62. The second-order valence-corrected chi connectivity index (χ2v) is 3.13. The van der Waals surface area contributed by atoms with Crippen LogP contribution in [0.4, 0.5) is 14.9 Å². The van der Waals surface area contributed by atoms with Crippen molar-refractivity contribution in [1.82, 2.24) is 5.32 Å². The standard InChI is InChI=1S/C10H11FN2O3/c1-6-3-2-4-7(11)9(6)13-10(16)12-5-8(14)15/h2-4H,5H2,1H3,(H,14,15)(H2,12,13,16). The number of anilines is 1. The highest BCUT2D eigenvalue weighted by molar-refractivity contribution is 5.91. The number of rotatable bonds is 3. The summed E-state index contributed by atoms with van der Waals surface area (Å²) in [6.45, 7) is 1.12. The van der Waals surface area contributed by atoms with E-state index in [1.807, 2.05) is 0 Å². The largest absolute Gasteiger partial charge is 0.480 e. The van der Waals surface area contributed by atoms with Gasteiger partial charge < -0.3 is 15.7 Å². The van der Waals surface area contributed by atoms with Gasteiger partial charge in [0, 0.05) is 0 Å². The van der Waals surface area contributed by atoms with Crippen molar-refractivity contribution in [3.05, 3.63) is 29.6 Å².